The molecule has 1 unspecified atom stereocenters. The summed E-state index contributed by atoms with van der Waals surface area (Å²) in [5.41, 5.74) is 0.691. The van der Waals surface area contributed by atoms with Gasteiger partial charge in [-0.2, -0.15) is 0 Å². The molecular weight excluding hydrogens is 248 g/mol. The first-order valence-electron chi connectivity index (χ1n) is 5.11. The van der Waals surface area contributed by atoms with Crippen LogP contribution >= 0.6 is 11.6 Å². The van der Waals surface area contributed by atoms with Gasteiger partial charge in [0, 0.05) is 12.7 Å². The fraction of sp³-hybridized carbons (Fsp3) is 0.500. The van der Waals surface area contributed by atoms with E-state index in [1.165, 1.54) is 6.20 Å². The predicted molar refractivity (Wildman–Crippen MR) is 63.1 cm³/mol. The first-order chi connectivity index (χ1) is 7.58. The molecular formula is C10H13ClN2O2S. The van der Waals surface area contributed by atoms with Crippen molar-refractivity contribution in [2.45, 2.75) is 17.4 Å². The fourth-order valence-corrected chi connectivity index (χ4v) is 3.61. The fourth-order valence-electron chi connectivity index (χ4n) is 1.78. The van der Waals surface area contributed by atoms with Crippen molar-refractivity contribution in [1.29, 1.82) is 0 Å². The van der Waals surface area contributed by atoms with E-state index < -0.39 is 9.84 Å². The van der Waals surface area contributed by atoms with Crippen molar-refractivity contribution in [3.8, 4) is 0 Å². The third kappa shape index (κ3) is 2.72. The molecule has 1 aliphatic rings. The number of hydrogen-bond acceptors (Lipinski definition) is 4. The number of nitrogens with zero attached hydrogens (tertiary/aromatic N) is 1. The van der Waals surface area contributed by atoms with Gasteiger partial charge in [-0.1, -0.05) is 17.7 Å². The highest BCUT2D eigenvalue weighted by Crippen LogP contribution is 2.16. The minimum Gasteiger partial charge on any atom is -0.315 e. The van der Waals surface area contributed by atoms with Gasteiger partial charge in [0.15, 0.2) is 9.84 Å². The van der Waals surface area contributed by atoms with Crippen LogP contribution in [0, 0.1) is 0 Å². The highest BCUT2D eigenvalue weighted by molar-refractivity contribution is 7.91. The van der Waals surface area contributed by atoms with E-state index in [0.717, 1.165) is 6.54 Å². The van der Waals surface area contributed by atoms with Crippen molar-refractivity contribution in [1.82, 2.24) is 10.3 Å². The first kappa shape index (κ1) is 11.8. The maximum Gasteiger partial charge on any atom is 0.158 e. The van der Waals surface area contributed by atoms with Crippen LogP contribution in [0.4, 0.5) is 0 Å². The van der Waals surface area contributed by atoms with Gasteiger partial charge in [0.05, 0.1) is 11.0 Å². The predicted octanol–water partition coefficient (Wildman–Crippen LogP) is 1.01. The second-order valence-electron chi connectivity index (χ2n) is 3.91. The molecule has 1 aliphatic heterocycles. The Morgan fingerprint density at radius 3 is 2.88 bits per heavy atom. The smallest absolute Gasteiger partial charge is 0.158 e. The van der Waals surface area contributed by atoms with E-state index in [9.17, 15) is 8.42 Å². The van der Waals surface area contributed by atoms with Crippen molar-refractivity contribution in [2.75, 3.05) is 13.1 Å². The SMILES string of the molecule is O=S(=O)(Cc1ccc(Cl)nc1)C1CCNC1. The highest BCUT2D eigenvalue weighted by atomic mass is 35.5. The van der Waals surface area contributed by atoms with Gasteiger partial charge in [-0.25, -0.2) is 13.4 Å². The van der Waals surface area contributed by atoms with E-state index in [0.29, 0.717) is 23.7 Å². The Morgan fingerprint density at radius 2 is 2.31 bits per heavy atom. The summed E-state index contributed by atoms with van der Waals surface area (Å²) >= 11 is 5.64. The lowest BCUT2D eigenvalue weighted by Gasteiger charge is -2.09. The number of halogens is 1. The van der Waals surface area contributed by atoms with E-state index in [-0.39, 0.29) is 11.0 Å². The summed E-state index contributed by atoms with van der Waals surface area (Å²) in [6.45, 7) is 1.34. The maximum atomic E-state index is 12.0. The minimum absolute atomic E-state index is 0.0452. The topological polar surface area (TPSA) is 59.1 Å². The van der Waals surface area contributed by atoms with Crippen LogP contribution in [-0.2, 0) is 15.6 Å². The van der Waals surface area contributed by atoms with Gasteiger partial charge in [-0.15, -0.1) is 0 Å². The first-order valence-corrected chi connectivity index (χ1v) is 7.20. The molecule has 0 radical (unpaired) electrons. The van der Waals surface area contributed by atoms with Gasteiger partial charge < -0.3 is 5.32 Å². The number of hydrogen-bond donors (Lipinski definition) is 1. The highest BCUT2D eigenvalue weighted by Gasteiger charge is 2.28. The Morgan fingerprint density at radius 1 is 1.50 bits per heavy atom. The van der Waals surface area contributed by atoms with Crippen molar-refractivity contribution < 1.29 is 8.42 Å². The Balaban J connectivity index is 2.11. The van der Waals surface area contributed by atoms with Crippen LogP contribution in [0.3, 0.4) is 0 Å². The molecule has 6 heteroatoms. The lowest BCUT2D eigenvalue weighted by atomic mass is 10.3. The summed E-state index contributed by atoms with van der Waals surface area (Å²) < 4.78 is 24.0. The molecule has 2 heterocycles. The molecule has 88 valence electrons. The van der Waals surface area contributed by atoms with Gasteiger partial charge in [0.2, 0.25) is 0 Å². The van der Waals surface area contributed by atoms with Crippen molar-refractivity contribution in [3.05, 3.63) is 29.0 Å². The van der Waals surface area contributed by atoms with Gasteiger partial charge in [-0.3, -0.25) is 0 Å². The van der Waals surface area contributed by atoms with Gasteiger partial charge in [-0.05, 0) is 24.6 Å². The number of pyridine rings is 1. The largest absolute Gasteiger partial charge is 0.315 e. The molecule has 1 aromatic rings. The lowest BCUT2D eigenvalue weighted by Crippen LogP contribution is -2.25. The zero-order valence-electron chi connectivity index (χ0n) is 8.69. The Labute approximate surface area is 99.9 Å². The molecule has 1 N–H and O–H groups in total. The molecule has 0 aliphatic carbocycles. The minimum atomic E-state index is -3.07. The molecule has 1 saturated heterocycles. The average Bonchev–Trinajstić information content (AvgIpc) is 2.75. The summed E-state index contributed by atoms with van der Waals surface area (Å²) in [5, 5.41) is 3.17. The Hall–Kier alpha value is -0.650. The lowest BCUT2D eigenvalue weighted by molar-refractivity contribution is 0.582. The Bertz CT molecular complexity index is 452. The van der Waals surface area contributed by atoms with Crippen LogP contribution in [0.15, 0.2) is 18.3 Å². The van der Waals surface area contributed by atoms with Crippen LogP contribution < -0.4 is 5.32 Å². The summed E-state index contributed by atoms with van der Waals surface area (Å²) in [6, 6.07) is 3.31. The maximum absolute atomic E-state index is 12.0. The molecule has 1 atom stereocenters. The summed E-state index contributed by atoms with van der Waals surface area (Å²) in [7, 11) is -3.07. The molecule has 0 amide bonds. The summed E-state index contributed by atoms with van der Waals surface area (Å²) in [5.74, 6) is 0.0452. The number of sulfone groups is 1. The van der Waals surface area contributed by atoms with Crippen molar-refractivity contribution in [2.24, 2.45) is 0 Å². The van der Waals surface area contributed by atoms with Gasteiger partial charge >= 0.3 is 0 Å². The van der Waals surface area contributed by atoms with E-state index >= 15 is 0 Å². The van der Waals surface area contributed by atoms with E-state index in [2.05, 4.69) is 10.3 Å². The van der Waals surface area contributed by atoms with Crippen LogP contribution in [-0.4, -0.2) is 31.7 Å². The molecule has 1 fully saturated rings. The van der Waals surface area contributed by atoms with Crippen molar-refractivity contribution in [3.63, 3.8) is 0 Å². The standard InChI is InChI=1S/C10H13ClN2O2S/c11-10-2-1-8(5-13-10)7-16(14,15)9-3-4-12-6-9/h1-2,5,9,12H,3-4,6-7H2. The molecule has 0 saturated carbocycles. The third-order valence-electron chi connectivity index (χ3n) is 2.68. The normalized spacial score (nSPS) is 21.2. The molecule has 0 aromatic carbocycles. The molecule has 4 nitrogen and oxygen atoms in total. The molecule has 0 spiro atoms. The van der Waals surface area contributed by atoms with Crippen LogP contribution in [0.25, 0.3) is 0 Å². The number of nitrogens with one attached hydrogen (secondary N) is 1. The van der Waals surface area contributed by atoms with Crippen molar-refractivity contribution >= 4 is 21.4 Å². The van der Waals surface area contributed by atoms with Gasteiger partial charge in [0.1, 0.15) is 5.15 Å². The van der Waals surface area contributed by atoms with Crippen LogP contribution in [0.5, 0.6) is 0 Å². The zero-order chi connectivity index (χ0) is 11.6. The third-order valence-corrected chi connectivity index (χ3v) is 5.06. The van der Waals surface area contributed by atoms with Gasteiger partial charge in [0.25, 0.3) is 0 Å². The average molecular weight is 261 g/mol. The monoisotopic (exact) mass is 260 g/mol. The van der Waals surface area contributed by atoms with Crippen LogP contribution in [0.1, 0.15) is 12.0 Å². The molecule has 1 aromatic heterocycles. The summed E-state index contributed by atoms with van der Waals surface area (Å²) in [6.07, 6.45) is 2.21. The molecule has 0 bridgehead atoms. The number of aromatic nitrogens is 1. The second kappa shape index (κ2) is 4.69. The second-order valence-corrected chi connectivity index (χ2v) is 6.58. The quantitative estimate of drug-likeness (QED) is 0.825. The van der Waals surface area contributed by atoms with E-state index in [1.54, 1.807) is 12.1 Å². The molecule has 2 rings (SSSR count). The zero-order valence-corrected chi connectivity index (χ0v) is 10.3. The van der Waals surface area contributed by atoms with Crippen LogP contribution in [0.2, 0.25) is 5.15 Å². The Kier molecular flexibility index (Phi) is 3.47. The number of rotatable bonds is 3. The van der Waals surface area contributed by atoms with E-state index in [4.69, 9.17) is 11.6 Å². The summed E-state index contributed by atoms with van der Waals surface area (Å²) in [4.78, 5) is 3.88. The molecule has 16 heavy (non-hydrogen) atoms. The van der Waals surface area contributed by atoms with E-state index in [1.807, 2.05) is 0 Å².